The number of amides is 1. The van der Waals surface area contributed by atoms with Gasteiger partial charge in [0.1, 0.15) is 24.4 Å². The first kappa shape index (κ1) is 47.9. The molecular formula is C43H75NO8. The summed E-state index contributed by atoms with van der Waals surface area (Å²) in [6.07, 6.45) is 35.1. The molecule has 9 heteroatoms. The molecule has 1 aliphatic heterocycles. The first-order chi connectivity index (χ1) is 25.3. The molecular weight excluding hydrogens is 658 g/mol. The summed E-state index contributed by atoms with van der Waals surface area (Å²) in [4.78, 5) is 12.9. The van der Waals surface area contributed by atoms with Gasteiger partial charge in [0.25, 0.3) is 0 Å². The van der Waals surface area contributed by atoms with Gasteiger partial charge in [-0.25, -0.2) is 0 Å². The molecule has 0 aromatic carbocycles. The number of rotatable bonds is 32. The molecule has 1 rings (SSSR count). The molecule has 1 aliphatic rings. The van der Waals surface area contributed by atoms with Crippen molar-refractivity contribution in [2.75, 3.05) is 13.2 Å². The second kappa shape index (κ2) is 33.5. The van der Waals surface area contributed by atoms with Gasteiger partial charge in [-0.15, -0.1) is 0 Å². The predicted molar refractivity (Wildman–Crippen MR) is 212 cm³/mol. The molecule has 1 heterocycles. The van der Waals surface area contributed by atoms with Crippen molar-refractivity contribution in [3.05, 3.63) is 60.8 Å². The number of carbonyl (C=O) groups is 1. The molecule has 6 N–H and O–H groups in total. The zero-order chi connectivity index (χ0) is 38.1. The monoisotopic (exact) mass is 734 g/mol. The van der Waals surface area contributed by atoms with Gasteiger partial charge in [-0.3, -0.25) is 4.79 Å². The predicted octanol–water partition coefficient (Wildman–Crippen LogP) is 7.66. The molecule has 9 nitrogen and oxygen atoms in total. The summed E-state index contributed by atoms with van der Waals surface area (Å²) in [7, 11) is 0. The zero-order valence-corrected chi connectivity index (χ0v) is 32.5. The molecule has 0 aromatic rings. The molecule has 1 fully saturated rings. The van der Waals surface area contributed by atoms with E-state index in [1.807, 2.05) is 0 Å². The van der Waals surface area contributed by atoms with Gasteiger partial charge in [-0.2, -0.15) is 0 Å². The Morgan fingerprint density at radius 2 is 1.19 bits per heavy atom. The molecule has 7 atom stereocenters. The molecule has 1 saturated heterocycles. The summed E-state index contributed by atoms with van der Waals surface area (Å²) in [6, 6.07) is -0.736. The van der Waals surface area contributed by atoms with E-state index in [1.54, 1.807) is 0 Å². The van der Waals surface area contributed by atoms with Crippen molar-refractivity contribution in [3.63, 3.8) is 0 Å². The minimum absolute atomic E-state index is 0.155. The number of nitrogens with one attached hydrogen (secondary N) is 1. The lowest BCUT2D eigenvalue weighted by molar-refractivity contribution is -0.302. The number of ether oxygens (including phenoxy) is 2. The van der Waals surface area contributed by atoms with Crippen molar-refractivity contribution in [2.24, 2.45) is 0 Å². The maximum absolute atomic E-state index is 12.9. The smallest absolute Gasteiger partial charge is 0.220 e. The summed E-state index contributed by atoms with van der Waals surface area (Å²) < 4.78 is 11.2. The van der Waals surface area contributed by atoms with Crippen LogP contribution in [0.3, 0.4) is 0 Å². The summed E-state index contributed by atoms with van der Waals surface area (Å²) in [6.45, 7) is 3.65. The van der Waals surface area contributed by atoms with E-state index in [9.17, 15) is 30.3 Å². The van der Waals surface area contributed by atoms with Gasteiger partial charge < -0.3 is 40.3 Å². The Labute approximate surface area is 316 Å². The number of carbonyl (C=O) groups excluding carboxylic acids is 1. The Morgan fingerprint density at radius 3 is 1.75 bits per heavy atom. The van der Waals surface area contributed by atoms with Gasteiger partial charge in [-0.1, -0.05) is 145 Å². The SMILES string of the molecule is CC/C=C\C/C=C\C/C=C\C/C=C\C/C=C\CCCCCC(=O)NC(COC1OC(CO)C(O)C(O)C1O)C(O)CCCCCCCCCCCC. The van der Waals surface area contributed by atoms with Crippen LogP contribution in [0.2, 0.25) is 0 Å². The van der Waals surface area contributed by atoms with Crippen LogP contribution in [0.15, 0.2) is 60.8 Å². The molecule has 0 radical (unpaired) electrons. The summed E-state index contributed by atoms with van der Waals surface area (Å²) in [5, 5.41) is 54.1. The number of hydrogen-bond donors (Lipinski definition) is 6. The van der Waals surface area contributed by atoms with Crippen molar-refractivity contribution in [2.45, 2.75) is 192 Å². The fourth-order valence-electron chi connectivity index (χ4n) is 6.07. The van der Waals surface area contributed by atoms with Gasteiger partial charge in [0.2, 0.25) is 5.91 Å². The molecule has 0 spiro atoms. The Kier molecular flexibility index (Phi) is 30.8. The highest BCUT2D eigenvalue weighted by Crippen LogP contribution is 2.23. The molecule has 0 bridgehead atoms. The third-order valence-corrected chi connectivity index (χ3v) is 9.39. The van der Waals surface area contributed by atoms with Crippen LogP contribution in [0.25, 0.3) is 0 Å². The van der Waals surface area contributed by atoms with E-state index in [2.05, 4.69) is 79.9 Å². The number of aliphatic hydroxyl groups excluding tert-OH is 5. The number of unbranched alkanes of at least 4 members (excludes halogenated alkanes) is 12. The molecule has 0 aromatic heterocycles. The van der Waals surface area contributed by atoms with E-state index in [0.717, 1.165) is 77.0 Å². The lowest BCUT2D eigenvalue weighted by Crippen LogP contribution is -2.60. The van der Waals surface area contributed by atoms with Crippen molar-refractivity contribution in [3.8, 4) is 0 Å². The lowest BCUT2D eigenvalue weighted by Gasteiger charge is -2.40. The van der Waals surface area contributed by atoms with Gasteiger partial charge in [0.15, 0.2) is 6.29 Å². The van der Waals surface area contributed by atoms with Crippen LogP contribution in [0.1, 0.15) is 149 Å². The van der Waals surface area contributed by atoms with E-state index in [0.29, 0.717) is 12.8 Å². The van der Waals surface area contributed by atoms with Gasteiger partial charge in [0.05, 0.1) is 25.4 Å². The lowest BCUT2D eigenvalue weighted by atomic mass is 9.99. The Hall–Kier alpha value is -2.11. The molecule has 7 unspecified atom stereocenters. The summed E-state index contributed by atoms with van der Waals surface area (Å²) >= 11 is 0. The van der Waals surface area contributed by atoms with Gasteiger partial charge in [0, 0.05) is 6.42 Å². The number of aliphatic hydroxyl groups is 5. The van der Waals surface area contributed by atoms with Crippen LogP contribution in [0, 0.1) is 0 Å². The van der Waals surface area contributed by atoms with Crippen LogP contribution in [0.5, 0.6) is 0 Å². The third-order valence-electron chi connectivity index (χ3n) is 9.39. The maximum atomic E-state index is 12.9. The van der Waals surface area contributed by atoms with Crippen molar-refractivity contribution in [1.82, 2.24) is 5.32 Å². The van der Waals surface area contributed by atoms with Crippen LogP contribution >= 0.6 is 0 Å². The average Bonchev–Trinajstić information content (AvgIpc) is 3.14. The van der Waals surface area contributed by atoms with Crippen LogP contribution in [-0.2, 0) is 14.3 Å². The van der Waals surface area contributed by atoms with Crippen LogP contribution in [-0.4, -0.2) is 87.5 Å². The highest BCUT2D eigenvalue weighted by molar-refractivity contribution is 5.76. The fraction of sp³-hybridized carbons (Fsp3) is 0.744. The standard InChI is InChI=1S/C43H75NO8/c1-3-5-7-9-11-13-15-16-17-18-19-20-21-22-23-25-27-29-31-33-39(47)44-36(35-51-43-42(50)41(49)40(48)38(34-45)52-43)37(46)32-30-28-26-24-14-12-10-8-6-4-2/h5,7,11,13,16-17,19-20,22-23,36-38,40-43,45-46,48-50H,3-4,6,8-10,12,14-15,18,21,24-35H2,1-2H3,(H,44,47)/b7-5-,13-11-,17-16-,20-19-,23-22-. The van der Waals surface area contributed by atoms with Crippen molar-refractivity contribution >= 4 is 5.91 Å². The summed E-state index contributed by atoms with van der Waals surface area (Å²) in [5.41, 5.74) is 0. The highest BCUT2D eigenvalue weighted by Gasteiger charge is 2.44. The molecule has 52 heavy (non-hydrogen) atoms. The van der Waals surface area contributed by atoms with Crippen molar-refractivity contribution < 1.29 is 39.8 Å². The fourth-order valence-corrected chi connectivity index (χ4v) is 6.07. The normalized spacial score (nSPS) is 22.5. The zero-order valence-electron chi connectivity index (χ0n) is 32.5. The Balaban J connectivity index is 2.40. The molecule has 0 aliphatic carbocycles. The Bertz CT molecular complexity index is 994. The quantitative estimate of drug-likeness (QED) is 0.0305. The third kappa shape index (κ3) is 24.3. The van der Waals surface area contributed by atoms with Crippen LogP contribution < -0.4 is 5.32 Å². The Morgan fingerprint density at radius 1 is 0.673 bits per heavy atom. The minimum Gasteiger partial charge on any atom is -0.394 e. The van der Waals surface area contributed by atoms with E-state index in [-0.39, 0.29) is 12.5 Å². The second-order valence-electron chi connectivity index (χ2n) is 14.1. The molecule has 1 amide bonds. The van der Waals surface area contributed by atoms with E-state index in [1.165, 1.54) is 44.9 Å². The summed E-state index contributed by atoms with van der Waals surface area (Å²) in [5.74, 6) is -0.181. The largest absolute Gasteiger partial charge is 0.394 e. The van der Waals surface area contributed by atoms with Crippen molar-refractivity contribution in [1.29, 1.82) is 0 Å². The van der Waals surface area contributed by atoms with Gasteiger partial charge in [-0.05, 0) is 57.8 Å². The highest BCUT2D eigenvalue weighted by atomic mass is 16.7. The second-order valence-corrected chi connectivity index (χ2v) is 14.1. The van der Waals surface area contributed by atoms with Gasteiger partial charge >= 0.3 is 0 Å². The van der Waals surface area contributed by atoms with Crippen LogP contribution in [0.4, 0.5) is 0 Å². The minimum atomic E-state index is -1.56. The van der Waals surface area contributed by atoms with E-state index >= 15 is 0 Å². The molecule has 0 saturated carbocycles. The first-order valence-corrected chi connectivity index (χ1v) is 20.5. The number of allylic oxidation sites excluding steroid dienone is 10. The molecule has 300 valence electrons. The van der Waals surface area contributed by atoms with E-state index in [4.69, 9.17) is 9.47 Å². The average molecular weight is 734 g/mol. The first-order valence-electron chi connectivity index (χ1n) is 20.5. The maximum Gasteiger partial charge on any atom is 0.220 e. The number of hydrogen-bond acceptors (Lipinski definition) is 8. The topological polar surface area (TPSA) is 149 Å². The van der Waals surface area contributed by atoms with E-state index < -0.39 is 49.5 Å².